The molecule has 0 aliphatic rings. The Morgan fingerprint density at radius 2 is 2.05 bits per heavy atom. The summed E-state index contributed by atoms with van der Waals surface area (Å²) >= 11 is 0. The predicted octanol–water partition coefficient (Wildman–Crippen LogP) is 0.0920. The van der Waals surface area contributed by atoms with Crippen LogP contribution in [0.5, 0.6) is 5.75 Å². The first-order chi connectivity index (χ1) is 10.6. The zero-order valence-electron chi connectivity index (χ0n) is 12.5. The monoisotopic (exact) mass is 304 g/mol. The van der Waals surface area contributed by atoms with Crippen molar-refractivity contribution in [3.63, 3.8) is 0 Å². The Balaban J connectivity index is 2.06. The molecule has 0 radical (unpaired) electrons. The van der Waals surface area contributed by atoms with Crippen molar-refractivity contribution in [2.45, 2.75) is 25.8 Å². The summed E-state index contributed by atoms with van der Waals surface area (Å²) in [6.07, 6.45) is 1.45. The summed E-state index contributed by atoms with van der Waals surface area (Å²) in [4.78, 5) is 15.3. The minimum absolute atomic E-state index is 0.00790. The zero-order valence-corrected chi connectivity index (χ0v) is 12.5. The van der Waals surface area contributed by atoms with Crippen molar-refractivity contribution < 1.29 is 14.6 Å². The van der Waals surface area contributed by atoms with Gasteiger partial charge in [0.15, 0.2) is 5.82 Å². The summed E-state index contributed by atoms with van der Waals surface area (Å²) in [5.41, 5.74) is 6.31. The Morgan fingerprint density at radius 3 is 2.64 bits per heavy atom. The van der Waals surface area contributed by atoms with Crippen LogP contribution in [-0.4, -0.2) is 39.5 Å². The van der Waals surface area contributed by atoms with Gasteiger partial charge < -0.3 is 15.6 Å². The molecule has 7 heteroatoms. The zero-order chi connectivity index (χ0) is 15.9. The highest BCUT2D eigenvalue weighted by Gasteiger charge is 2.11. The van der Waals surface area contributed by atoms with Crippen LogP contribution in [0.1, 0.15) is 17.2 Å². The number of nitrogens with zero attached hydrogens (tertiary/aromatic N) is 3. The van der Waals surface area contributed by atoms with Crippen LogP contribution in [0.4, 0.5) is 0 Å². The third-order valence-corrected chi connectivity index (χ3v) is 3.23. The van der Waals surface area contributed by atoms with Gasteiger partial charge in [0, 0.05) is 6.42 Å². The highest BCUT2D eigenvalue weighted by atomic mass is 16.5. The van der Waals surface area contributed by atoms with E-state index in [0.717, 1.165) is 23.6 Å². The van der Waals surface area contributed by atoms with Gasteiger partial charge in [-0.1, -0.05) is 12.1 Å². The van der Waals surface area contributed by atoms with Crippen LogP contribution in [0.2, 0.25) is 0 Å². The standard InChI is InChI=1S/C15H20N4O3/c1-22-12-5-2-11(3-6-12)4-7-15-17-14(10-13(16)21)18-19(15)8-9-20/h2-3,5-6,20H,4,7-10H2,1H3,(H2,16,21). The number of aliphatic hydroxyl groups excluding tert-OH is 1. The van der Waals surface area contributed by atoms with Crippen LogP contribution in [0.3, 0.4) is 0 Å². The molecule has 0 saturated carbocycles. The molecule has 22 heavy (non-hydrogen) atoms. The van der Waals surface area contributed by atoms with Gasteiger partial charge in [0.05, 0.1) is 26.7 Å². The molecule has 1 aromatic heterocycles. The van der Waals surface area contributed by atoms with Crippen molar-refractivity contribution >= 4 is 5.91 Å². The quantitative estimate of drug-likeness (QED) is 0.719. The minimum Gasteiger partial charge on any atom is -0.497 e. The highest BCUT2D eigenvalue weighted by Crippen LogP contribution is 2.13. The summed E-state index contributed by atoms with van der Waals surface area (Å²) in [5, 5.41) is 13.3. The lowest BCUT2D eigenvalue weighted by molar-refractivity contribution is -0.117. The molecular weight excluding hydrogens is 284 g/mol. The lowest BCUT2D eigenvalue weighted by Crippen LogP contribution is -2.15. The van der Waals surface area contributed by atoms with Crippen molar-refractivity contribution in [1.29, 1.82) is 0 Å². The van der Waals surface area contributed by atoms with Crippen LogP contribution in [0.25, 0.3) is 0 Å². The normalized spacial score (nSPS) is 10.6. The molecule has 0 saturated heterocycles. The number of nitrogens with two attached hydrogens (primary N) is 1. The lowest BCUT2D eigenvalue weighted by atomic mass is 10.1. The van der Waals surface area contributed by atoms with Crippen LogP contribution >= 0.6 is 0 Å². The van der Waals surface area contributed by atoms with Gasteiger partial charge in [-0.25, -0.2) is 9.67 Å². The molecular formula is C15H20N4O3. The first-order valence-corrected chi connectivity index (χ1v) is 7.07. The predicted molar refractivity (Wildman–Crippen MR) is 80.4 cm³/mol. The number of ether oxygens (including phenoxy) is 1. The third kappa shape index (κ3) is 4.29. The summed E-state index contributed by atoms with van der Waals surface area (Å²) in [6.45, 7) is 0.318. The number of aliphatic hydroxyl groups is 1. The van der Waals surface area contributed by atoms with Crippen LogP contribution < -0.4 is 10.5 Å². The van der Waals surface area contributed by atoms with Gasteiger partial charge in [0.1, 0.15) is 11.6 Å². The molecule has 7 nitrogen and oxygen atoms in total. The first kappa shape index (κ1) is 16.0. The summed E-state index contributed by atoms with van der Waals surface area (Å²) in [6, 6.07) is 7.81. The maximum Gasteiger partial charge on any atom is 0.225 e. The second-order valence-corrected chi connectivity index (χ2v) is 4.88. The molecule has 1 aromatic carbocycles. The van der Waals surface area contributed by atoms with Gasteiger partial charge in [0.2, 0.25) is 5.91 Å². The number of aryl methyl sites for hydroxylation is 2. The topological polar surface area (TPSA) is 103 Å². The molecule has 0 atom stereocenters. The number of carbonyl (C=O) groups excluding carboxylic acids is 1. The van der Waals surface area contributed by atoms with Gasteiger partial charge in [-0.3, -0.25) is 4.79 Å². The Morgan fingerprint density at radius 1 is 1.32 bits per heavy atom. The Labute approximate surface area is 128 Å². The molecule has 0 bridgehead atoms. The van der Waals surface area contributed by atoms with Crippen molar-refractivity contribution in [3.8, 4) is 5.75 Å². The van der Waals surface area contributed by atoms with Gasteiger partial charge in [0.25, 0.3) is 0 Å². The molecule has 3 N–H and O–H groups in total. The van der Waals surface area contributed by atoms with E-state index in [1.807, 2.05) is 24.3 Å². The van der Waals surface area contributed by atoms with E-state index in [4.69, 9.17) is 15.6 Å². The second kappa shape index (κ2) is 7.56. The van der Waals surface area contributed by atoms with Crippen LogP contribution in [-0.2, 0) is 30.6 Å². The molecule has 118 valence electrons. The largest absolute Gasteiger partial charge is 0.497 e. The molecule has 0 spiro atoms. The van der Waals surface area contributed by atoms with Crippen molar-refractivity contribution in [3.05, 3.63) is 41.5 Å². The maximum atomic E-state index is 11.0. The number of aromatic nitrogens is 3. The van der Waals surface area contributed by atoms with E-state index in [2.05, 4.69) is 10.1 Å². The first-order valence-electron chi connectivity index (χ1n) is 7.07. The second-order valence-electron chi connectivity index (χ2n) is 4.88. The van der Waals surface area contributed by atoms with E-state index in [1.54, 1.807) is 11.8 Å². The number of methoxy groups -OCH3 is 1. The summed E-state index contributed by atoms with van der Waals surface area (Å²) in [7, 11) is 1.63. The minimum atomic E-state index is -0.470. The van der Waals surface area contributed by atoms with Gasteiger partial charge in [-0.05, 0) is 24.1 Å². The van der Waals surface area contributed by atoms with Crippen molar-refractivity contribution in [2.24, 2.45) is 5.73 Å². The highest BCUT2D eigenvalue weighted by molar-refractivity contribution is 5.75. The molecule has 2 rings (SSSR count). The Kier molecular flexibility index (Phi) is 5.48. The molecule has 0 aliphatic carbocycles. The number of amides is 1. The summed E-state index contributed by atoms with van der Waals surface area (Å²) in [5.74, 6) is 1.48. The van der Waals surface area contributed by atoms with Gasteiger partial charge >= 0.3 is 0 Å². The average molecular weight is 304 g/mol. The molecule has 1 heterocycles. The number of primary amides is 1. The van der Waals surface area contributed by atoms with E-state index in [9.17, 15) is 4.79 Å². The Bertz CT molecular complexity index is 622. The average Bonchev–Trinajstić information content (AvgIpc) is 2.87. The maximum absolute atomic E-state index is 11.0. The fourth-order valence-corrected chi connectivity index (χ4v) is 2.16. The van der Waals surface area contributed by atoms with E-state index in [1.165, 1.54) is 0 Å². The SMILES string of the molecule is COc1ccc(CCc2nc(CC(N)=O)nn2CCO)cc1. The van der Waals surface area contributed by atoms with Crippen LogP contribution in [0, 0.1) is 0 Å². The number of carbonyl (C=O) groups is 1. The molecule has 2 aromatic rings. The fraction of sp³-hybridized carbons (Fsp3) is 0.400. The number of benzene rings is 1. The van der Waals surface area contributed by atoms with E-state index >= 15 is 0 Å². The van der Waals surface area contributed by atoms with Gasteiger partial charge in [-0.15, -0.1) is 0 Å². The molecule has 1 amide bonds. The molecule has 0 fully saturated rings. The van der Waals surface area contributed by atoms with Crippen molar-refractivity contribution in [2.75, 3.05) is 13.7 Å². The number of hydrogen-bond acceptors (Lipinski definition) is 5. The van der Waals surface area contributed by atoms with Crippen molar-refractivity contribution in [1.82, 2.24) is 14.8 Å². The van der Waals surface area contributed by atoms with E-state index in [-0.39, 0.29) is 13.0 Å². The lowest BCUT2D eigenvalue weighted by Gasteiger charge is -2.05. The fourth-order valence-electron chi connectivity index (χ4n) is 2.16. The Hall–Kier alpha value is -2.41. The van der Waals surface area contributed by atoms with Gasteiger partial charge in [-0.2, -0.15) is 5.10 Å². The van der Waals surface area contributed by atoms with E-state index < -0.39 is 5.91 Å². The molecule has 0 aliphatic heterocycles. The number of rotatable bonds is 8. The molecule has 0 unspecified atom stereocenters. The third-order valence-electron chi connectivity index (χ3n) is 3.23. The van der Waals surface area contributed by atoms with Crippen LogP contribution in [0.15, 0.2) is 24.3 Å². The van der Waals surface area contributed by atoms with E-state index in [0.29, 0.717) is 18.8 Å². The smallest absolute Gasteiger partial charge is 0.225 e. The number of hydrogen-bond donors (Lipinski definition) is 2. The summed E-state index contributed by atoms with van der Waals surface area (Å²) < 4.78 is 6.75.